The molecule has 0 radical (unpaired) electrons. The molecule has 1 aliphatic rings. The van der Waals surface area contributed by atoms with Crippen molar-refractivity contribution in [2.45, 2.75) is 39.2 Å². The molecule has 4 heteroatoms. The van der Waals surface area contributed by atoms with Gasteiger partial charge in [0.2, 0.25) is 0 Å². The first kappa shape index (κ1) is 14.3. The maximum Gasteiger partial charge on any atom is 0.128 e. The number of nitrogens with zero attached hydrogens (tertiary/aromatic N) is 1. The van der Waals surface area contributed by atoms with E-state index in [-0.39, 0.29) is 12.0 Å². The van der Waals surface area contributed by atoms with Crippen molar-refractivity contribution in [3.05, 3.63) is 23.0 Å². The van der Waals surface area contributed by atoms with Crippen LogP contribution in [0.2, 0.25) is 0 Å². The molecule has 0 spiro atoms. The number of aromatic nitrogens is 1. The molecule has 2 unspecified atom stereocenters. The number of rotatable bonds is 4. The second kappa shape index (κ2) is 6.35. The maximum absolute atomic E-state index is 10.3. The smallest absolute Gasteiger partial charge is 0.128 e. The fourth-order valence-electron chi connectivity index (χ4n) is 2.71. The zero-order chi connectivity index (χ0) is 13.8. The van der Waals surface area contributed by atoms with Crippen LogP contribution in [0.1, 0.15) is 29.7 Å². The molecule has 1 fully saturated rings. The van der Waals surface area contributed by atoms with E-state index in [0.717, 1.165) is 42.0 Å². The van der Waals surface area contributed by atoms with E-state index in [9.17, 15) is 5.11 Å². The molecule has 0 aliphatic carbocycles. The highest BCUT2D eigenvalue weighted by atomic mass is 16.5. The molecule has 1 aromatic rings. The molecule has 1 saturated heterocycles. The summed E-state index contributed by atoms with van der Waals surface area (Å²) in [6.07, 6.45) is 4.05. The Hall–Kier alpha value is -1.13. The number of aliphatic hydroxyl groups excluding tert-OH is 1. The third-order valence-electron chi connectivity index (χ3n) is 3.89. The Labute approximate surface area is 114 Å². The first-order valence-corrected chi connectivity index (χ1v) is 6.88. The van der Waals surface area contributed by atoms with Crippen LogP contribution in [0.25, 0.3) is 0 Å². The molecule has 1 aliphatic heterocycles. The van der Waals surface area contributed by atoms with Gasteiger partial charge in [0.05, 0.1) is 19.8 Å². The number of aryl methyl sites for hydroxylation is 1. The summed E-state index contributed by atoms with van der Waals surface area (Å²) in [6, 6.07) is 0. The summed E-state index contributed by atoms with van der Waals surface area (Å²) in [4.78, 5) is 4.44. The van der Waals surface area contributed by atoms with Crippen LogP contribution in [0.15, 0.2) is 6.20 Å². The predicted octanol–water partition coefficient (Wildman–Crippen LogP) is 2.04. The highest BCUT2D eigenvalue weighted by molar-refractivity contribution is 5.41. The third kappa shape index (κ3) is 3.25. The lowest BCUT2D eigenvalue weighted by Crippen LogP contribution is -2.31. The van der Waals surface area contributed by atoms with Gasteiger partial charge in [-0.2, -0.15) is 0 Å². The van der Waals surface area contributed by atoms with E-state index in [1.807, 2.05) is 20.0 Å². The number of pyridine rings is 1. The normalized spacial score (nSPS) is 21.2. The molecular formula is C15H23NO3. The van der Waals surface area contributed by atoms with Crippen molar-refractivity contribution in [3.63, 3.8) is 0 Å². The molecule has 4 nitrogen and oxygen atoms in total. The number of hydrogen-bond donors (Lipinski definition) is 1. The van der Waals surface area contributed by atoms with Crippen molar-refractivity contribution in [3.8, 4) is 5.75 Å². The lowest BCUT2D eigenvalue weighted by Gasteiger charge is -2.27. The van der Waals surface area contributed by atoms with Crippen molar-refractivity contribution in [2.75, 3.05) is 20.3 Å². The minimum atomic E-state index is -0.390. The minimum absolute atomic E-state index is 0.224. The van der Waals surface area contributed by atoms with E-state index >= 15 is 0 Å². The summed E-state index contributed by atoms with van der Waals surface area (Å²) in [5.74, 6) is 1.10. The molecule has 19 heavy (non-hydrogen) atoms. The highest BCUT2D eigenvalue weighted by Gasteiger charge is 2.24. The Morgan fingerprint density at radius 3 is 2.95 bits per heavy atom. The first-order valence-electron chi connectivity index (χ1n) is 6.88. The van der Waals surface area contributed by atoms with Gasteiger partial charge < -0.3 is 14.6 Å². The highest BCUT2D eigenvalue weighted by Crippen LogP contribution is 2.26. The monoisotopic (exact) mass is 265 g/mol. The molecule has 106 valence electrons. The van der Waals surface area contributed by atoms with E-state index in [1.165, 1.54) is 0 Å². The predicted molar refractivity (Wildman–Crippen MR) is 73.5 cm³/mol. The van der Waals surface area contributed by atoms with Gasteiger partial charge >= 0.3 is 0 Å². The van der Waals surface area contributed by atoms with Crippen LogP contribution in [-0.4, -0.2) is 36.5 Å². The number of methoxy groups -OCH3 is 1. The number of hydrogen-bond acceptors (Lipinski definition) is 4. The quantitative estimate of drug-likeness (QED) is 0.905. The largest absolute Gasteiger partial charge is 0.496 e. The van der Waals surface area contributed by atoms with Crippen LogP contribution in [0.3, 0.4) is 0 Å². The van der Waals surface area contributed by atoms with Crippen LogP contribution in [0.5, 0.6) is 5.75 Å². The van der Waals surface area contributed by atoms with Crippen LogP contribution in [0.4, 0.5) is 0 Å². The number of aliphatic hydroxyl groups is 1. The van der Waals surface area contributed by atoms with Gasteiger partial charge in [0.15, 0.2) is 0 Å². The lowest BCUT2D eigenvalue weighted by molar-refractivity contribution is -0.00885. The Morgan fingerprint density at radius 2 is 2.32 bits per heavy atom. The average molecular weight is 265 g/mol. The summed E-state index contributed by atoms with van der Waals surface area (Å²) in [7, 11) is 1.67. The van der Waals surface area contributed by atoms with Gasteiger partial charge in [-0.1, -0.05) is 0 Å². The van der Waals surface area contributed by atoms with Crippen LogP contribution in [-0.2, 0) is 11.2 Å². The van der Waals surface area contributed by atoms with Gasteiger partial charge in [-0.05, 0) is 26.7 Å². The van der Waals surface area contributed by atoms with E-state index in [1.54, 1.807) is 7.11 Å². The summed E-state index contributed by atoms with van der Waals surface area (Å²) >= 11 is 0. The summed E-state index contributed by atoms with van der Waals surface area (Å²) in [5.41, 5.74) is 2.97. The van der Waals surface area contributed by atoms with Gasteiger partial charge in [-0.15, -0.1) is 0 Å². The topological polar surface area (TPSA) is 51.6 Å². The molecule has 0 bridgehead atoms. The van der Waals surface area contributed by atoms with Gasteiger partial charge in [0.1, 0.15) is 5.75 Å². The standard InChI is InChI=1S/C15H23NO3/c1-10-8-16-13(11(2)15(10)18-3)7-14(17)12-5-4-6-19-9-12/h8,12,14,17H,4-7,9H2,1-3H3. The van der Waals surface area contributed by atoms with Gasteiger partial charge in [0, 0.05) is 42.0 Å². The van der Waals surface area contributed by atoms with E-state index in [0.29, 0.717) is 13.0 Å². The number of ether oxygens (including phenoxy) is 2. The SMILES string of the molecule is COc1c(C)cnc(CC(O)C2CCCOC2)c1C. The molecule has 2 atom stereocenters. The van der Waals surface area contributed by atoms with Crippen molar-refractivity contribution in [2.24, 2.45) is 5.92 Å². The van der Waals surface area contributed by atoms with Gasteiger partial charge in [0.25, 0.3) is 0 Å². The third-order valence-corrected chi connectivity index (χ3v) is 3.89. The van der Waals surface area contributed by atoms with Crippen molar-refractivity contribution < 1.29 is 14.6 Å². The lowest BCUT2D eigenvalue weighted by atomic mass is 9.92. The average Bonchev–Trinajstić information content (AvgIpc) is 2.43. The van der Waals surface area contributed by atoms with Crippen molar-refractivity contribution in [1.29, 1.82) is 0 Å². The van der Waals surface area contributed by atoms with Crippen LogP contribution < -0.4 is 4.74 Å². The Bertz CT molecular complexity index is 428. The molecule has 2 heterocycles. The molecule has 0 amide bonds. The minimum Gasteiger partial charge on any atom is -0.496 e. The molecule has 0 saturated carbocycles. The molecule has 1 aromatic heterocycles. The second-order valence-electron chi connectivity index (χ2n) is 5.29. The zero-order valence-electron chi connectivity index (χ0n) is 12.0. The molecule has 0 aromatic carbocycles. The second-order valence-corrected chi connectivity index (χ2v) is 5.29. The molecule has 1 N–H and O–H groups in total. The van der Waals surface area contributed by atoms with Crippen LogP contribution in [0, 0.1) is 19.8 Å². The Kier molecular flexibility index (Phi) is 4.77. The summed E-state index contributed by atoms with van der Waals surface area (Å²) in [6.45, 7) is 5.45. The Balaban J connectivity index is 2.10. The van der Waals surface area contributed by atoms with Crippen molar-refractivity contribution >= 4 is 0 Å². The van der Waals surface area contributed by atoms with E-state index in [4.69, 9.17) is 9.47 Å². The molecule has 2 rings (SSSR count). The van der Waals surface area contributed by atoms with Gasteiger partial charge in [-0.25, -0.2) is 0 Å². The fraction of sp³-hybridized carbons (Fsp3) is 0.667. The van der Waals surface area contributed by atoms with Gasteiger partial charge in [-0.3, -0.25) is 4.98 Å². The summed E-state index contributed by atoms with van der Waals surface area (Å²) in [5, 5.41) is 10.3. The maximum atomic E-state index is 10.3. The summed E-state index contributed by atoms with van der Waals surface area (Å²) < 4.78 is 10.8. The van der Waals surface area contributed by atoms with Crippen molar-refractivity contribution in [1.82, 2.24) is 4.98 Å². The Morgan fingerprint density at radius 1 is 1.53 bits per heavy atom. The van der Waals surface area contributed by atoms with E-state index < -0.39 is 0 Å². The van der Waals surface area contributed by atoms with Crippen LogP contribution >= 0.6 is 0 Å². The first-order chi connectivity index (χ1) is 9.13. The van der Waals surface area contributed by atoms with E-state index in [2.05, 4.69) is 4.98 Å². The fourth-order valence-corrected chi connectivity index (χ4v) is 2.71. The zero-order valence-corrected chi connectivity index (χ0v) is 12.0. The molecular weight excluding hydrogens is 242 g/mol.